The topological polar surface area (TPSA) is 0 Å². The van der Waals surface area contributed by atoms with Crippen molar-refractivity contribution in [2.75, 3.05) is 0 Å². The smallest absolute Gasteiger partial charge is 0.0352 e. The van der Waals surface area contributed by atoms with Crippen LogP contribution in [0.15, 0.2) is 0 Å². The molecule has 0 aliphatic heterocycles. The fourth-order valence-electron chi connectivity index (χ4n) is 2.52. The lowest BCUT2D eigenvalue weighted by Gasteiger charge is -1.82. The summed E-state index contributed by atoms with van der Waals surface area (Å²) in [6.45, 7) is 0. The molecule has 0 radical (unpaired) electrons. The Bertz CT molecular complexity index is 103. The average Bonchev–Trinajstić information content (AvgIpc) is 2.47. The summed E-state index contributed by atoms with van der Waals surface area (Å²) in [5.41, 5.74) is 0. The fraction of sp³-hybridized carbons (Fsp3) is 1.00. The van der Waals surface area contributed by atoms with E-state index in [1.54, 1.807) is 19.3 Å². The highest BCUT2D eigenvalue weighted by Crippen LogP contribution is 2.69. The van der Waals surface area contributed by atoms with Gasteiger partial charge in [0.2, 0.25) is 0 Å². The molecule has 3 aliphatic rings. The molecule has 0 nitrogen and oxygen atoms in total. The lowest BCUT2D eigenvalue weighted by Crippen LogP contribution is -1.72. The summed E-state index contributed by atoms with van der Waals surface area (Å²) < 4.78 is 0. The van der Waals surface area contributed by atoms with Crippen molar-refractivity contribution in [3.63, 3.8) is 0 Å². The van der Waals surface area contributed by atoms with E-state index in [4.69, 9.17) is 0 Å². The van der Waals surface area contributed by atoms with Gasteiger partial charge in [0.05, 0.1) is 0 Å². The summed E-state index contributed by atoms with van der Waals surface area (Å²) in [5, 5.41) is 0. The van der Waals surface area contributed by atoms with Gasteiger partial charge >= 0.3 is 0 Å². The zero-order valence-electron chi connectivity index (χ0n) is 4.43. The minimum atomic E-state index is 1.24. The Hall–Kier alpha value is 0. The predicted molar refractivity (Wildman–Crippen MR) is 27.8 cm³/mol. The van der Waals surface area contributed by atoms with Crippen molar-refractivity contribution in [1.29, 1.82) is 0 Å². The van der Waals surface area contributed by atoms with Crippen molar-refractivity contribution < 1.29 is 0 Å². The summed E-state index contributed by atoms with van der Waals surface area (Å²) in [6, 6.07) is 0. The highest BCUT2D eigenvalue weighted by molar-refractivity contribution is 5.10. The molecule has 4 atom stereocenters. The zero-order valence-corrected chi connectivity index (χ0v) is 4.43. The first-order valence-electron chi connectivity index (χ1n) is 3.45. The maximum absolute atomic E-state index is 1.62. The van der Waals surface area contributed by atoms with Crippen molar-refractivity contribution in [1.82, 2.24) is 0 Å². The molecular formula is C7H10. The Morgan fingerprint density at radius 3 is 1.57 bits per heavy atom. The average molecular weight is 94.2 g/mol. The lowest BCUT2D eigenvalue weighted by molar-refractivity contribution is 0.689. The van der Waals surface area contributed by atoms with Gasteiger partial charge in [-0.25, -0.2) is 0 Å². The predicted octanol–water partition coefficient (Wildman–Crippen LogP) is 1.66. The molecule has 0 saturated heterocycles. The van der Waals surface area contributed by atoms with Gasteiger partial charge in [0, 0.05) is 0 Å². The fourth-order valence-corrected chi connectivity index (χ4v) is 2.52. The molecular weight excluding hydrogens is 84.1 g/mol. The van der Waals surface area contributed by atoms with Crippen molar-refractivity contribution in [2.45, 2.75) is 19.3 Å². The Balaban J connectivity index is 2.02. The van der Waals surface area contributed by atoms with E-state index >= 15 is 0 Å². The molecule has 38 valence electrons. The largest absolute Gasteiger partial charge is 0.0470 e. The van der Waals surface area contributed by atoms with Crippen LogP contribution in [0.4, 0.5) is 0 Å². The number of rotatable bonds is 0. The third-order valence-corrected chi connectivity index (χ3v) is 3.11. The van der Waals surface area contributed by atoms with Crippen LogP contribution in [0.1, 0.15) is 19.3 Å². The van der Waals surface area contributed by atoms with Gasteiger partial charge in [-0.05, 0) is 42.9 Å². The van der Waals surface area contributed by atoms with E-state index in [9.17, 15) is 0 Å². The second-order valence-corrected chi connectivity index (χ2v) is 3.55. The van der Waals surface area contributed by atoms with Gasteiger partial charge in [0.15, 0.2) is 0 Å². The van der Waals surface area contributed by atoms with E-state index in [1.165, 1.54) is 23.7 Å². The van der Waals surface area contributed by atoms with Crippen LogP contribution < -0.4 is 0 Å². The van der Waals surface area contributed by atoms with E-state index in [0.29, 0.717) is 0 Å². The Kier molecular flexibility index (Phi) is 0.296. The Morgan fingerprint density at radius 2 is 1.29 bits per heavy atom. The third kappa shape index (κ3) is 0.240. The molecule has 0 aromatic rings. The molecule has 0 N–H and O–H groups in total. The summed E-state index contributed by atoms with van der Waals surface area (Å²) in [4.78, 5) is 0. The van der Waals surface area contributed by atoms with E-state index < -0.39 is 0 Å². The molecule has 7 heavy (non-hydrogen) atoms. The lowest BCUT2D eigenvalue weighted by atomic mass is 10.2. The number of hydrogen-bond acceptors (Lipinski definition) is 0. The van der Waals surface area contributed by atoms with Crippen molar-refractivity contribution in [3.05, 3.63) is 0 Å². The van der Waals surface area contributed by atoms with Crippen LogP contribution in [-0.2, 0) is 0 Å². The van der Waals surface area contributed by atoms with E-state index in [-0.39, 0.29) is 0 Å². The first kappa shape index (κ1) is 3.11. The van der Waals surface area contributed by atoms with Crippen molar-refractivity contribution in [3.8, 4) is 0 Å². The molecule has 0 heteroatoms. The van der Waals surface area contributed by atoms with E-state index in [2.05, 4.69) is 0 Å². The van der Waals surface area contributed by atoms with E-state index in [0.717, 1.165) is 0 Å². The number of hydrogen-bond donors (Lipinski definition) is 0. The molecule has 0 amide bonds. The van der Waals surface area contributed by atoms with Crippen molar-refractivity contribution >= 4 is 0 Å². The Labute approximate surface area is 43.9 Å². The monoisotopic (exact) mass is 94.1 g/mol. The van der Waals surface area contributed by atoms with Crippen molar-refractivity contribution in [2.24, 2.45) is 23.7 Å². The van der Waals surface area contributed by atoms with Crippen LogP contribution in [0.5, 0.6) is 0 Å². The normalized spacial score (nSPS) is 72.0. The van der Waals surface area contributed by atoms with Gasteiger partial charge in [0.25, 0.3) is 0 Å². The first-order chi connectivity index (χ1) is 3.45. The van der Waals surface area contributed by atoms with Gasteiger partial charge in [-0.15, -0.1) is 0 Å². The highest BCUT2D eigenvalue weighted by Gasteiger charge is 2.60. The maximum atomic E-state index is 1.62. The van der Waals surface area contributed by atoms with Crippen LogP contribution in [0.25, 0.3) is 0 Å². The van der Waals surface area contributed by atoms with Gasteiger partial charge in [0.1, 0.15) is 0 Å². The zero-order chi connectivity index (χ0) is 4.43. The van der Waals surface area contributed by atoms with Crippen LogP contribution in [0.3, 0.4) is 0 Å². The second-order valence-electron chi connectivity index (χ2n) is 3.55. The van der Waals surface area contributed by atoms with Crippen LogP contribution in [0.2, 0.25) is 0 Å². The maximum Gasteiger partial charge on any atom is -0.0352 e. The molecule has 3 rings (SSSR count). The van der Waals surface area contributed by atoms with Crippen LogP contribution in [-0.4, -0.2) is 0 Å². The molecule has 0 heterocycles. The molecule has 0 aromatic heterocycles. The third-order valence-electron chi connectivity index (χ3n) is 3.11. The van der Waals surface area contributed by atoms with Crippen LogP contribution >= 0.6 is 0 Å². The van der Waals surface area contributed by atoms with E-state index in [1.807, 2.05) is 0 Å². The first-order valence-corrected chi connectivity index (χ1v) is 3.45. The SMILES string of the molecule is C1[C@H]2C[C@H]2[C@H]2C[C@@H]12. The van der Waals surface area contributed by atoms with Gasteiger partial charge in [-0.2, -0.15) is 0 Å². The minimum absolute atomic E-state index is 1.24. The summed E-state index contributed by atoms with van der Waals surface area (Å²) in [7, 11) is 0. The molecule has 0 bridgehead atoms. The molecule has 3 aliphatic carbocycles. The molecule has 0 aromatic carbocycles. The standard InChI is InChI=1S/C7H10/c1-4-2-6(4)7-3-5(1)7/h4-7H,1-3H2/t4-,5+,6+,7-. The van der Waals surface area contributed by atoms with Gasteiger partial charge in [-0.1, -0.05) is 0 Å². The Morgan fingerprint density at radius 1 is 0.714 bits per heavy atom. The molecule has 0 unspecified atom stereocenters. The van der Waals surface area contributed by atoms with Gasteiger partial charge in [-0.3, -0.25) is 0 Å². The summed E-state index contributed by atoms with van der Waals surface area (Å²) in [6.07, 6.45) is 4.84. The minimum Gasteiger partial charge on any atom is -0.0470 e. The van der Waals surface area contributed by atoms with Gasteiger partial charge < -0.3 is 0 Å². The molecule has 3 fully saturated rings. The second kappa shape index (κ2) is 0.667. The summed E-state index contributed by atoms with van der Waals surface area (Å²) >= 11 is 0. The summed E-state index contributed by atoms with van der Waals surface area (Å²) in [5.74, 6) is 4.99. The number of fused-ring (bicyclic) bond motifs is 3. The van der Waals surface area contributed by atoms with Crippen LogP contribution in [0, 0.1) is 23.7 Å². The molecule has 0 spiro atoms. The highest BCUT2D eigenvalue weighted by atomic mass is 14.7. The molecule has 3 saturated carbocycles. The quantitative estimate of drug-likeness (QED) is 0.428.